The van der Waals surface area contributed by atoms with E-state index in [0.29, 0.717) is 29.3 Å². The fourth-order valence-electron chi connectivity index (χ4n) is 6.17. The highest BCUT2D eigenvalue weighted by Gasteiger charge is 2.35. The first kappa shape index (κ1) is 36.4. The monoisotopic (exact) mass is 641 g/mol. The lowest BCUT2D eigenvalue weighted by Gasteiger charge is -2.40. The fraction of sp³-hybridized carbons (Fsp3) is 0.618. The topological polar surface area (TPSA) is 159 Å². The summed E-state index contributed by atoms with van der Waals surface area (Å²) >= 11 is 0. The maximum atomic E-state index is 14.0. The van der Waals surface area contributed by atoms with Crippen LogP contribution in [0.5, 0.6) is 0 Å². The molecule has 3 rings (SSSR count). The van der Waals surface area contributed by atoms with Crippen LogP contribution in [-0.2, 0) is 25.5 Å². The average molecular weight is 642 g/mol. The van der Waals surface area contributed by atoms with E-state index in [-0.39, 0.29) is 36.4 Å². The van der Waals surface area contributed by atoms with Crippen molar-refractivity contribution in [1.29, 1.82) is 0 Å². The summed E-state index contributed by atoms with van der Waals surface area (Å²) in [5, 5.41) is 18.9. The number of carboxylic acids is 1. The summed E-state index contributed by atoms with van der Waals surface area (Å²) in [5.74, 6) is -2.40. The predicted octanol–water partition coefficient (Wildman–Crippen LogP) is 4.82. The highest BCUT2D eigenvalue weighted by molar-refractivity contribution is 5.95. The third-order valence-corrected chi connectivity index (χ3v) is 8.54. The molecule has 5 atom stereocenters. The molecule has 1 aromatic heterocycles. The minimum atomic E-state index is -1.21. The van der Waals surface area contributed by atoms with Gasteiger partial charge in [0.05, 0.1) is 12.6 Å². The zero-order valence-corrected chi connectivity index (χ0v) is 28.2. The summed E-state index contributed by atoms with van der Waals surface area (Å²) < 4.78 is 6.26. The molecule has 0 radical (unpaired) electrons. The van der Waals surface area contributed by atoms with Gasteiger partial charge < -0.3 is 30.7 Å². The first-order valence-electron chi connectivity index (χ1n) is 16.3. The van der Waals surface area contributed by atoms with E-state index in [1.807, 2.05) is 41.5 Å². The molecule has 0 spiro atoms. The van der Waals surface area contributed by atoms with Crippen LogP contribution in [0.4, 0.5) is 9.59 Å². The summed E-state index contributed by atoms with van der Waals surface area (Å²) in [6.45, 7) is 11.8. The molecule has 2 aromatic rings. The number of unbranched alkanes of at least 4 members (excludes halogenated alkanes) is 1. The number of carboxylic acid groups (broad SMARTS) is 1. The van der Waals surface area contributed by atoms with Crippen molar-refractivity contribution in [1.82, 2.24) is 25.4 Å². The van der Waals surface area contributed by atoms with Crippen LogP contribution < -0.4 is 16.0 Å². The van der Waals surface area contributed by atoms with Crippen LogP contribution in [-0.4, -0.2) is 81.8 Å². The number of hydrogen-bond donors (Lipinski definition) is 4. The van der Waals surface area contributed by atoms with E-state index in [2.05, 4.69) is 16.0 Å². The second kappa shape index (κ2) is 16.0. The lowest BCUT2D eigenvalue weighted by atomic mass is 9.87. The van der Waals surface area contributed by atoms with E-state index in [0.717, 1.165) is 25.7 Å². The van der Waals surface area contributed by atoms with E-state index < -0.39 is 42.0 Å². The molecule has 0 aliphatic carbocycles. The molecular weight excluding hydrogens is 590 g/mol. The number of urea groups is 1. The van der Waals surface area contributed by atoms with Gasteiger partial charge in [-0.25, -0.2) is 14.4 Å². The lowest BCUT2D eigenvalue weighted by Crippen LogP contribution is -2.60. The number of benzene rings is 1. The van der Waals surface area contributed by atoms with Crippen molar-refractivity contribution < 1.29 is 33.8 Å². The van der Waals surface area contributed by atoms with Crippen LogP contribution in [0.1, 0.15) is 92.1 Å². The lowest BCUT2D eigenvalue weighted by molar-refractivity contribution is -0.142. The zero-order valence-electron chi connectivity index (χ0n) is 28.2. The van der Waals surface area contributed by atoms with Gasteiger partial charge in [0.2, 0.25) is 11.8 Å². The van der Waals surface area contributed by atoms with Crippen molar-refractivity contribution in [3.8, 4) is 0 Å². The Hall–Kier alpha value is -4.09. The molecule has 254 valence electrons. The number of rotatable bonds is 12. The molecular formula is C34H51N5O7. The summed E-state index contributed by atoms with van der Waals surface area (Å²) in [6, 6.07) is 3.49. The van der Waals surface area contributed by atoms with Gasteiger partial charge in [-0.1, -0.05) is 58.7 Å². The quantitative estimate of drug-likeness (QED) is 0.259. The first-order chi connectivity index (χ1) is 21.7. The van der Waals surface area contributed by atoms with Crippen LogP contribution in [0.2, 0.25) is 0 Å². The van der Waals surface area contributed by atoms with E-state index in [1.54, 1.807) is 35.4 Å². The number of fused-ring (bicyclic) bond motifs is 1. The molecule has 1 aromatic carbocycles. The number of likely N-dealkylation sites (tertiary alicyclic amines) is 1. The number of carbonyl (C=O) groups is 5. The summed E-state index contributed by atoms with van der Waals surface area (Å²) in [5.41, 5.74) is 0.785. The van der Waals surface area contributed by atoms with Crippen LogP contribution in [0.3, 0.4) is 0 Å². The number of methoxy groups -OCH3 is 1. The predicted molar refractivity (Wildman–Crippen MR) is 175 cm³/mol. The Morgan fingerprint density at radius 3 is 2.15 bits per heavy atom. The number of ether oxygens (including phenoxy) is 1. The molecule has 12 nitrogen and oxygen atoms in total. The molecule has 12 heteroatoms. The van der Waals surface area contributed by atoms with E-state index in [1.165, 1.54) is 11.7 Å². The van der Waals surface area contributed by atoms with Crippen molar-refractivity contribution in [2.75, 3.05) is 7.11 Å². The van der Waals surface area contributed by atoms with Crippen LogP contribution in [0.25, 0.3) is 10.9 Å². The Balaban J connectivity index is 1.97. The van der Waals surface area contributed by atoms with Gasteiger partial charge in [0.15, 0.2) is 0 Å². The zero-order chi connectivity index (χ0) is 34.2. The molecule has 1 saturated heterocycles. The molecule has 4 N–H and O–H groups in total. The standard InChI is InChI=1S/C34H51N5O7/c1-8-9-16-25(31(42)43)35-29(40)26(18-23-20-38(33(45)46-7)28-17-11-10-15-24(23)28)36-30(41)27(19-34(4,5)6)37-32(44)39-21(2)13-12-14-22(39)3/h10-11,15,17,20-22,25-27H,8-9,12-14,16,18-19H2,1-7H3,(H,35,40)(H,36,41)(H,37,44)(H,42,43)/t21-,22+,25-,26+,27?/m0/s1. The van der Waals surface area contributed by atoms with Gasteiger partial charge in [0.1, 0.15) is 18.1 Å². The maximum absolute atomic E-state index is 14.0. The number of aliphatic carboxylic acids is 1. The van der Waals surface area contributed by atoms with Gasteiger partial charge in [0, 0.05) is 30.1 Å². The summed E-state index contributed by atoms with van der Waals surface area (Å²) in [6.07, 6.45) is 5.53. The van der Waals surface area contributed by atoms with E-state index in [4.69, 9.17) is 4.74 Å². The van der Waals surface area contributed by atoms with Crippen LogP contribution >= 0.6 is 0 Å². The Bertz CT molecular complexity index is 1390. The number of nitrogens with zero attached hydrogens (tertiary/aromatic N) is 2. The van der Waals surface area contributed by atoms with Crippen molar-refractivity contribution in [2.24, 2.45) is 5.41 Å². The number of nitrogens with one attached hydrogen (secondary N) is 3. The molecule has 1 fully saturated rings. The van der Waals surface area contributed by atoms with Gasteiger partial charge >= 0.3 is 18.1 Å². The highest BCUT2D eigenvalue weighted by Crippen LogP contribution is 2.26. The minimum Gasteiger partial charge on any atom is -0.480 e. The molecule has 0 saturated carbocycles. The highest BCUT2D eigenvalue weighted by atomic mass is 16.5. The molecule has 1 unspecified atom stereocenters. The molecule has 46 heavy (non-hydrogen) atoms. The molecule has 2 heterocycles. The van der Waals surface area contributed by atoms with Crippen molar-refractivity contribution in [2.45, 2.75) is 123 Å². The second-order valence-electron chi connectivity index (χ2n) is 13.6. The number of hydrogen-bond acceptors (Lipinski definition) is 6. The third-order valence-electron chi connectivity index (χ3n) is 8.54. The number of amides is 4. The SMILES string of the molecule is CCCC[C@H](NC(=O)[C@@H](Cc1cn(C(=O)OC)c2ccccc12)NC(=O)C(CC(C)(C)C)NC(=O)N1[C@H](C)CCC[C@@H]1C)C(=O)O. The Labute approximate surface area is 271 Å². The molecule has 4 amide bonds. The minimum absolute atomic E-state index is 0.0174. The van der Waals surface area contributed by atoms with Crippen molar-refractivity contribution >= 4 is 40.8 Å². The van der Waals surface area contributed by atoms with Crippen LogP contribution in [0.15, 0.2) is 30.5 Å². The molecule has 1 aliphatic heterocycles. The summed E-state index contributed by atoms with van der Waals surface area (Å²) in [7, 11) is 1.27. The molecule has 0 bridgehead atoms. The van der Waals surface area contributed by atoms with Gasteiger partial charge in [-0.3, -0.25) is 14.2 Å². The third kappa shape index (κ3) is 9.46. The van der Waals surface area contributed by atoms with E-state index >= 15 is 0 Å². The largest absolute Gasteiger partial charge is 0.480 e. The Morgan fingerprint density at radius 2 is 1.57 bits per heavy atom. The van der Waals surface area contributed by atoms with Gasteiger partial charge in [-0.2, -0.15) is 0 Å². The number of piperidine rings is 1. The van der Waals surface area contributed by atoms with Gasteiger partial charge in [-0.05, 0) is 63.0 Å². The normalized spacial score (nSPS) is 18.7. The second-order valence-corrected chi connectivity index (χ2v) is 13.6. The maximum Gasteiger partial charge on any atom is 0.418 e. The van der Waals surface area contributed by atoms with Gasteiger partial charge in [0.25, 0.3) is 0 Å². The average Bonchev–Trinajstić information content (AvgIpc) is 3.35. The summed E-state index contributed by atoms with van der Waals surface area (Å²) in [4.78, 5) is 67.6. The number of aromatic nitrogens is 1. The molecule has 1 aliphatic rings. The number of carbonyl (C=O) groups excluding carboxylic acids is 4. The first-order valence-corrected chi connectivity index (χ1v) is 16.3. The number of para-hydroxylation sites is 1. The van der Waals surface area contributed by atoms with E-state index in [9.17, 15) is 29.1 Å². The van der Waals surface area contributed by atoms with Crippen molar-refractivity contribution in [3.05, 3.63) is 36.0 Å². The van der Waals surface area contributed by atoms with Crippen LogP contribution in [0, 0.1) is 5.41 Å². The van der Waals surface area contributed by atoms with Crippen molar-refractivity contribution in [3.63, 3.8) is 0 Å². The Morgan fingerprint density at radius 1 is 0.957 bits per heavy atom. The smallest absolute Gasteiger partial charge is 0.418 e. The Kier molecular flexibility index (Phi) is 12.6. The van der Waals surface area contributed by atoms with Gasteiger partial charge in [-0.15, -0.1) is 0 Å². The fourth-order valence-corrected chi connectivity index (χ4v) is 6.17.